The highest BCUT2D eigenvalue weighted by Crippen LogP contribution is 2.37. The molecule has 0 saturated carbocycles. The molecular weight excluding hydrogens is 292 g/mol. The minimum atomic E-state index is 0.127. The lowest BCUT2D eigenvalue weighted by Crippen LogP contribution is -2.18. The van der Waals surface area contributed by atoms with E-state index in [9.17, 15) is 4.79 Å². The fraction of sp³-hybridized carbons (Fsp3) is 0.111. The number of hydrogen-bond donors (Lipinski definition) is 0. The van der Waals surface area contributed by atoms with Gasteiger partial charge in [-0.15, -0.1) is 0 Å². The Morgan fingerprint density at radius 3 is 2.23 bits per heavy atom. The van der Waals surface area contributed by atoms with Crippen LogP contribution in [0.3, 0.4) is 0 Å². The molecule has 1 aromatic heterocycles. The first-order valence-corrected chi connectivity index (χ1v) is 8.23. The molecule has 4 rings (SSSR count). The van der Waals surface area contributed by atoms with E-state index in [0.29, 0.717) is 6.42 Å². The summed E-state index contributed by atoms with van der Waals surface area (Å²) in [5, 5.41) is 0.800. The Labute approximate surface area is 133 Å². The Bertz CT molecular complexity index is 825. The van der Waals surface area contributed by atoms with Gasteiger partial charge in [-0.1, -0.05) is 72.4 Å². The van der Waals surface area contributed by atoms with Gasteiger partial charge in [0.15, 0.2) is 5.16 Å². The monoisotopic (exact) mass is 306 g/mol. The third kappa shape index (κ3) is 2.16. The molecule has 0 aliphatic carbocycles. The van der Waals surface area contributed by atoms with Crippen LogP contribution in [0.5, 0.6) is 0 Å². The van der Waals surface area contributed by atoms with Crippen LogP contribution in [0.2, 0.25) is 0 Å². The van der Waals surface area contributed by atoms with Gasteiger partial charge < -0.3 is 0 Å². The van der Waals surface area contributed by atoms with Crippen LogP contribution in [0, 0.1) is 0 Å². The Morgan fingerprint density at radius 1 is 0.909 bits per heavy atom. The van der Waals surface area contributed by atoms with Gasteiger partial charge in [0, 0.05) is 23.3 Å². The topological polar surface area (TPSA) is 34.9 Å². The van der Waals surface area contributed by atoms with Crippen molar-refractivity contribution in [2.24, 2.45) is 0 Å². The standard InChI is InChI=1S/C18H14N2OS/c21-15-11-12-22-18-19-16(13-7-3-1-4-8-13)17(20(15)18)14-9-5-2-6-10-14/h1-10H,11-12H2. The van der Waals surface area contributed by atoms with Crippen LogP contribution in [0.4, 0.5) is 0 Å². The molecule has 0 amide bonds. The molecule has 0 N–H and O–H groups in total. The van der Waals surface area contributed by atoms with Gasteiger partial charge in [-0.25, -0.2) is 4.98 Å². The van der Waals surface area contributed by atoms with E-state index in [1.807, 2.05) is 60.7 Å². The second-order valence-electron chi connectivity index (χ2n) is 5.15. The van der Waals surface area contributed by atoms with E-state index >= 15 is 0 Å². The van der Waals surface area contributed by atoms with Crippen molar-refractivity contribution in [2.45, 2.75) is 11.6 Å². The lowest BCUT2D eigenvalue weighted by molar-refractivity contribution is 0.0898. The molecule has 3 aromatic rings. The number of fused-ring (bicyclic) bond motifs is 1. The van der Waals surface area contributed by atoms with Crippen molar-refractivity contribution in [1.29, 1.82) is 0 Å². The van der Waals surface area contributed by atoms with E-state index in [4.69, 9.17) is 4.98 Å². The van der Waals surface area contributed by atoms with E-state index in [1.54, 1.807) is 16.3 Å². The zero-order chi connectivity index (χ0) is 14.9. The third-order valence-electron chi connectivity index (χ3n) is 3.74. The normalized spacial score (nSPS) is 13.9. The Hall–Kier alpha value is -2.33. The van der Waals surface area contributed by atoms with Gasteiger partial charge in [-0.2, -0.15) is 0 Å². The quantitative estimate of drug-likeness (QED) is 0.706. The SMILES string of the molecule is O=C1CCSc2nc(-c3ccccc3)c(-c3ccccc3)n21. The zero-order valence-corrected chi connectivity index (χ0v) is 12.7. The van der Waals surface area contributed by atoms with Crippen molar-refractivity contribution >= 4 is 17.7 Å². The molecule has 0 radical (unpaired) electrons. The molecule has 0 unspecified atom stereocenters. The molecule has 0 fully saturated rings. The largest absolute Gasteiger partial charge is 0.274 e. The molecule has 2 heterocycles. The summed E-state index contributed by atoms with van der Waals surface area (Å²) in [6.07, 6.45) is 0.558. The van der Waals surface area contributed by atoms with Crippen LogP contribution >= 0.6 is 11.8 Å². The van der Waals surface area contributed by atoms with Gasteiger partial charge >= 0.3 is 0 Å². The van der Waals surface area contributed by atoms with Crippen LogP contribution in [-0.4, -0.2) is 21.2 Å². The molecule has 4 heteroatoms. The van der Waals surface area contributed by atoms with Crippen LogP contribution in [0.15, 0.2) is 65.8 Å². The number of imidazole rings is 1. The molecule has 0 saturated heterocycles. The highest BCUT2D eigenvalue weighted by Gasteiger charge is 2.26. The number of aromatic nitrogens is 2. The van der Waals surface area contributed by atoms with Crippen LogP contribution in [-0.2, 0) is 0 Å². The first kappa shape index (κ1) is 13.3. The van der Waals surface area contributed by atoms with Gasteiger partial charge in [0.05, 0.1) is 11.4 Å². The maximum Gasteiger partial charge on any atom is 0.234 e. The van der Waals surface area contributed by atoms with Gasteiger partial charge in [0.1, 0.15) is 0 Å². The number of rotatable bonds is 2. The average molecular weight is 306 g/mol. The van der Waals surface area contributed by atoms with E-state index < -0.39 is 0 Å². The van der Waals surface area contributed by atoms with Gasteiger partial charge in [0.2, 0.25) is 5.91 Å². The van der Waals surface area contributed by atoms with E-state index in [2.05, 4.69) is 0 Å². The molecular formula is C18H14N2OS. The van der Waals surface area contributed by atoms with Crippen molar-refractivity contribution in [1.82, 2.24) is 9.55 Å². The maximum atomic E-state index is 12.4. The predicted molar refractivity (Wildman–Crippen MR) is 89.1 cm³/mol. The predicted octanol–water partition coefficient (Wildman–Crippen LogP) is 4.35. The summed E-state index contributed by atoms with van der Waals surface area (Å²) >= 11 is 1.65. The van der Waals surface area contributed by atoms with Crippen molar-refractivity contribution in [3.8, 4) is 22.5 Å². The van der Waals surface area contributed by atoms with E-state index in [1.165, 1.54) is 0 Å². The lowest BCUT2D eigenvalue weighted by atomic mass is 10.0. The van der Waals surface area contributed by atoms with Crippen molar-refractivity contribution in [3.05, 3.63) is 60.7 Å². The molecule has 0 bridgehead atoms. The lowest BCUT2D eigenvalue weighted by Gasteiger charge is -2.14. The molecule has 22 heavy (non-hydrogen) atoms. The first-order chi connectivity index (χ1) is 10.8. The summed E-state index contributed by atoms with van der Waals surface area (Å²) in [7, 11) is 0. The van der Waals surface area contributed by atoms with Gasteiger partial charge in [0.25, 0.3) is 0 Å². The third-order valence-corrected chi connectivity index (χ3v) is 4.68. The minimum absolute atomic E-state index is 0.127. The average Bonchev–Trinajstić information content (AvgIpc) is 2.97. The summed E-state index contributed by atoms with van der Waals surface area (Å²) in [6, 6.07) is 20.1. The van der Waals surface area contributed by atoms with Crippen molar-refractivity contribution in [3.63, 3.8) is 0 Å². The number of nitrogens with zero attached hydrogens (tertiary/aromatic N) is 2. The van der Waals surface area contributed by atoms with Gasteiger partial charge in [-0.3, -0.25) is 9.36 Å². The van der Waals surface area contributed by atoms with Crippen molar-refractivity contribution in [2.75, 3.05) is 5.75 Å². The summed E-state index contributed by atoms with van der Waals surface area (Å²) in [5.41, 5.74) is 3.84. The number of benzene rings is 2. The first-order valence-electron chi connectivity index (χ1n) is 7.24. The van der Waals surface area contributed by atoms with Crippen LogP contribution in [0.1, 0.15) is 11.2 Å². The molecule has 1 aliphatic heterocycles. The Kier molecular flexibility index (Phi) is 3.31. The maximum absolute atomic E-state index is 12.4. The summed E-state index contributed by atoms with van der Waals surface area (Å²) in [4.78, 5) is 17.2. The highest BCUT2D eigenvalue weighted by atomic mass is 32.2. The van der Waals surface area contributed by atoms with Crippen molar-refractivity contribution < 1.29 is 4.79 Å². The minimum Gasteiger partial charge on any atom is -0.274 e. The number of carbonyl (C=O) groups excluding carboxylic acids is 1. The molecule has 1 aliphatic rings. The molecule has 0 atom stereocenters. The highest BCUT2D eigenvalue weighted by molar-refractivity contribution is 7.99. The number of thioether (sulfide) groups is 1. The Balaban J connectivity index is 2.01. The smallest absolute Gasteiger partial charge is 0.234 e. The second-order valence-corrected chi connectivity index (χ2v) is 6.21. The molecule has 3 nitrogen and oxygen atoms in total. The molecule has 0 spiro atoms. The summed E-state index contributed by atoms with van der Waals surface area (Å²) in [6.45, 7) is 0. The second kappa shape index (κ2) is 5.46. The fourth-order valence-electron chi connectivity index (χ4n) is 2.73. The zero-order valence-electron chi connectivity index (χ0n) is 11.9. The summed E-state index contributed by atoms with van der Waals surface area (Å²) in [5.74, 6) is 0.931. The molecule has 2 aromatic carbocycles. The van der Waals surface area contributed by atoms with Gasteiger partial charge in [-0.05, 0) is 0 Å². The summed E-state index contributed by atoms with van der Waals surface area (Å²) < 4.78 is 1.78. The number of carbonyl (C=O) groups is 1. The van der Waals surface area contributed by atoms with E-state index in [0.717, 1.165) is 33.4 Å². The Morgan fingerprint density at radius 2 is 1.55 bits per heavy atom. The van der Waals surface area contributed by atoms with Crippen LogP contribution in [0.25, 0.3) is 22.5 Å². The molecule has 108 valence electrons. The van der Waals surface area contributed by atoms with Crippen LogP contribution < -0.4 is 0 Å². The fourth-order valence-corrected chi connectivity index (χ4v) is 3.67. The number of hydrogen-bond acceptors (Lipinski definition) is 3. The van der Waals surface area contributed by atoms with E-state index in [-0.39, 0.29) is 5.91 Å².